The van der Waals surface area contributed by atoms with E-state index < -0.39 is 12.1 Å². The number of nitrogens with two attached hydrogens (primary N) is 2. The number of nitrogens with one attached hydrogen (secondary N) is 2. The van der Waals surface area contributed by atoms with Crippen molar-refractivity contribution >= 4 is 11.9 Å². The smallest absolute Gasteiger partial charge is 0.332 e. The van der Waals surface area contributed by atoms with Crippen molar-refractivity contribution in [3.63, 3.8) is 0 Å². The molecule has 0 aliphatic heterocycles. The third kappa shape index (κ3) is 17.7. The number of aliphatic carboxylic acids is 1. The van der Waals surface area contributed by atoms with Crippen molar-refractivity contribution in [2.45, 2.75) is 13.0 Å². The van der Waals surface area contributed by atoms with E-state index in [2.05, 4.69) is 11.6 Å². The van der Waals surface area contributed by atoms with Crippen LogP contribution in [0.5, 0.6) is 0 Å². The van der Waals surface area contributed by atoms with Gasteiger partial charge in [0.2, 0.25) is 0 Å². The molecule has 0 fully saturated rings. The average Bonchev–Trinajstić information content (AvgIpc) is 1.89. The molecule has 8 N–H and O–H groups in total. The van der Waals surface area contributed by atoms with Crippen molar-refractivity contribution in [3.05, 3.63) is 0 Å². The molecule has 66 valence electrons. The van der Waals surface area contributed by atoms with Gasteiger partial charge in [0.05, 0.1) is 0 Å². The lowest BCUT2D eigenvalue weighted by atomic mass is 10.4. The van der Waals surface area contributed by atoms with Gasteiger partial charge in [-0.15, -0.1) is 0 Å². The summed E-state index contributed by atoms with van der Waals surface area (Å²) in [6.07, 6.45) is -1.23. The Kier molecular flexibility index (Phi) is 7.61. The fourth-order valence-electron chi connectivity index (χ4n) is 0. The van der Waals surface area contributed by atoms with Gasteiger partial charge in [0.25, 0.3) is 0 Å². The molecule has 0 saturated heterocycles. The lowest BCUT2D eigenvalue weighted by molar-refractivity contribution is -0.145. The van der Waals surface area contributed by atoms with Crippen LogP contribution in [-0.4, -0.2) is 28.2 Å². The van der Waals surface area contributed by atoms with Gasteiger partial charge >= 0.3 is 5.97 Å². The molecule has 0 amide bonds. The molecule has 0 radical (unpaired) electrons. The number of hydrogen-bond donors (Lipinski definition) is 6. The number of carboxylic acid groups (broad SMARTS) is 1. The van der Waals surface area contributed by atoms with E-state index in [1.54, 1.807) is 0 Å². The summed E-state index contributed by atoms with van der Waals surface area (Å²) in [5.41, 5.74) is 6.53. The van der Waals surface area contributed by atoms with Crippen molar-refractivity contribution < 1.29 is 15.0 Å². The summed E-state index contributed by atoms with van der Waals surface area (Å²) in [6, 6.07) is 0. The van der Waals surface area contributed by atoms with E-state index in [0.29, 0.717) is 0 Å². The molecular weight excluding hydrogens is 152 g/mol. The van der Waals surface area contributed by atoms with Gasteiger partial charge in [-0.2, -0.15) is 0 Å². The molecule has 0 aromatic carbocycles. The number of aliphatic hydroxyl groups is 1. The second-order valence-electron chi connectivity index (χ2n) is 1.57. The topological polar surface area (TPSA) is 145 Å². The Labute approximate surface area is 63.5 Å². The second-order valence-corrected chi connectivity index (χ2v) is 1.57. The number of carbonyl (C=O) groups is 1. The van der Waals surface area contributed by atoms with Crippen LogP contribution < -0.4 is 17.0 Å². The van der Waals surface area contributed by atoms with Gasteiger partial charge in [0, 0.05) is 0 Å². The predicted octanol–water partition coefficient (Wildman–Crippen LogP) is -2.21. The monoisotopic (exact) mass is 164 g/mol. The molecule has 0 rings (SSSR count). The highest BCUT2D eigenvalue weighted by atomic mass is 16.4. The Morgan fingerprint density at radius 1 is 1.73 bits per heavy atom. The number of rotatable bonds is 1. The molecule has 11 heavy (non-hydrogen) atoms. The summed E-state index contributed by atoms with van der Waals surface area (Å²) in [4.78, 5) is 9.45. The molecule has 0 heterocycles. The van der Waals surface area contributed by atoms with Gasteiger partial charge in [-0.3, -0.25) is 10.8 Å². The van der Waals surface area contributed by atoms with Crippen LogP contribution in [0.3, 0.4) is 0 Å². The maximum absolute atomic E-state index is 9.45. The Bertz CT molecular complexity index is 135. The Morgan fingerprint density at radius 2 is 1.91 bits per heavy atom. The van der Waals surface area contributed by atoms with Crippen LogP contribution >= 0.6 is 0 Å². The fraction of sp³-hybridized carbons (Fsp3) is 0.500. The first-order valence-electron chi connectivity index (χ1n) is 2.63. The highest BCUT2D eigenvalue weighted by Crippen LogP contribution is 1.73. The van der Waals surface area contributed by atoms with E-state index in [4.69, 9.17) is 15.6 Å². The first kappa shape index (κ1) is 12.3. The lowest BCUT2D eigenvalue weighted by Gasteiger charge is -1.89. The van der Waals surface area contributed by atoms with Crippen LogP contribution in [0.25, 0.3) is 0 Å². The Morgan fingerprint density at radius 3 is 1.91 bits per heavy atom. The normalized spacial score (nSPS) is 10.5. The van der Waals surface area contributed by atoms with Crippen LogP contribution in [0.4, 0.5) is 0 Å². The fourth-order valence-corrected chi connectivity index (χ4v) is 0. The largest absolute Gasteiger partial charge is 0.479 e. The van der Waals surface area contributed by atoms with E-state index in [0.717, 1.165) is 0 Å². The quantitative estimate of drug-likeness (QED) is 0.112. The zero-order chi connectivity index (χ0) is 9.44. The highest BCUT2D eigenvalue weighted by Gasteiger charge is 2.01. The van der Waals surface area contributed by atoms with Crippen LogP contribution in [0.1, 0.15) is 6.92 Å². The molecule has 0 aliphatic carbocycles. The summed E-state index contributed by atoms with van der Waals surface area (Å²) in [5, 5.41) is 22.1. The van der Waals surface area contributed by atoms with E-state index >= 15 is 0 Å². The van der Waals surface area contributed by atoms with Gasteiger partial charge in [-0.1, -0.05) is 0 Å². The van der Waals surface area contributed by atoms with Crippen LogP contribution in [0.2, 0.25) is 0 Å². The Balaban J connectivity index is 0. The summed E-state index contributed by atoms with van der Waals surface area (Å²) in [7, 11) is 0. The Hall–Kier alpha value is -1.34. The van der Waals surface area contributed by atoms with Crippen molar-refractivity contribution in [2.75, 3.05) is 0 Å². The van der Waals surface area contributed by atoms with Gasteiger partial charge in [0.15, 0.2) is 5.96 Å². The van der Waals surface area contributed by atoms with Gasteiger partial charge < -0.3 is 15.9 Å². The zero-order valence-electron chi connectivity index (χ0n) is 6.03. The lowest BCUT2D eigenvalue weighted by Crippen LogP contribution is -2.35. The van der Waals surface area contributed by atoms with Crippen molar-refractivity contribution in [1.29, 1.82) is 5.41 Å². The van der Waals surface area contributed by atoms with E-state index in [9.17, 15) is 4.79 Å². The summed E-state index contributed by atoms with van der Waals surface area (Å²) in [6.45, 7) is 1.20. The number of guanidine groups is 1. The van der Waals surface area contributed by atoms with Crippen LogP contribution in [0.15, 0.2) is 0 Å². The SMILES string of the molecule is CC(O)C(=O)O.N=C(N)NN. The summed E-state index contributed by atoms with van der Waals surface area (Å²) >= 11 is 0. The second kappa shape index (κ2) is 6.78. The third-order valence-corrected chi connectivity index (χ3v) is 0.513. The third-order valence-electron chi connectivity index (χ3n) is 0.513. The molecule has 0 aromatic rings. The van der Waals surface area contributed by atoms with Gasteiger partial charge in [-0.05, 0) is 6.92 Å². The molecule has 1 atom stereocenters. The number of carboxylic acids is 1. The number of hydrogen-bond acceptors (Lipinski definition) is 4. The zero-order valence-corrected chi connectivity index (χ0v) is 6.03. The summed E-state index contributed by atoms with van der Waals surface area (Å²) in [5.74, 6) is 3.17. The molecule has 0 spiro atoms. The minimum absolute atomic E-state index is 0.218. The molecule has 0 bridgehead atoms. The maximum Gasteiger partial charge on any atom is 0.332 e. The van der Waals surface area contributed by atoms with Crippen LogP contribution in [-0.2, 0) is 4.79 Å². The van der Waals surface area contributed by atoms with E-state index in [1.165, 1.54) is 6.92 Å². The molecule has 7 heteroatoms. The number of hydrazine groups is 1. The van der Waals surface area contributed by atoms with E-state index in [-0.39, 0.29) is 5.96 Å². The molecule has 7 nitrogen and oxygen atoms in total. The van der Waals surface area contributed by atoms with Gasteiger partial charge in [-0.25, -0.2) is 10.6 Å². The molecular formula is C4H12N4O3. The minimum atomic E-state index is -1.23. The first-order chi connectivity index (χ1) is 4.91. The standard InChI is InChI=1S/C3H6O3.CH6N4/c1-2(4)3(5)6;2-1(3)5-4/h2,4H,1H3,(H,5,6);4H2,(H4,2,3,5). The van der Waals surface area contributed by atoms with Crippen molar-refractivity contribution in [3.8, 4) is 0 Å². The van der Waals surface area contributed by atoms with Crippen molar-refractivity contribution in [1.82, 2.24) is 5.43 Å². The van der Waals surface area contributed by atoms with Crippen LogP contribution in [0, 0.1) is 5.41 Å². The van der Waals surface area contributed by atoms with E-state index in [1.807, 2.05) is 5.43 Å². The highest BCUT2D eigenvalue weighted by molar-refractivity contribution is 5.73. The van der Waals surface area contributed by atoms with Gasteiger partial charge in [0.1, 0.15) is 6.10 Å². The molecule has 1 unspecified atom stereocenters. The van der Waals surface area contributed by atoms with Crippen molar-refractivity contribution in [2.24, 2.45) is 11.6 Å². The number of aliphatic hydroxyl groups excluding tert-OH is 1. The predicted molar refractivity (Wildman–Crippen MR) is 38.6 cm³/mol. The average molecular weight is 164 g/mol. The maximum atomic E-state index is 9.45. The first-order valence-corrected chi connectivity index (χ1v) is 2.63. The minimum Gasteiger partial charge on any atom is -0.479 e. The molecule has 0 aliphatic rings. The molecule has 0 aromatic heterocycles. The summed E-state index contributed by atoms with van der Waals surface area (Å²) < 4.78 is 0. The molecule has 0 saturated carbocycles.